The fourth-order valence-corrected chi connectivity index (χ4v) is 2.20. The zero-order chi connectivity index (χ0) is 12.7. The van der Waals surface area contributed by atoms with Gasteiger partial charge in [-0.3, -0.25) is 0 Å². The highest BCUT2D eigenvalue weighted by molar-refractivity contribution is 6.41. The Labute approximate surface area is 108 Å². The van der Waals surface area contributed by atoms with Gasteiger partial charge in [0.05, 0.1) is 0 Å². The minimum absolute atomic E-state index is 0.679. The lowest BCUT2D eigenvalue weighted by Crippen LogP contribution is -2.13. The smallest absolute Gasteiger partial charge is 0.209 e. The van der Waals surface area contributed by atoms with Crippen LogP contribution in [0.15, 0.2) is 24.3 Å². The lowest BCUT2D eigenvalue weighted by molar-refractivity contribution is 0.541. The normalized spacial score (nSPS) is 12.4. The molecule has 0 N–H and O–H groups in total. The summed E-state index contributed by atoms with van der Waals surface area (Å²) in [6.07, 6.45) is 6.33. The standard InChI is InChI=1S/C14H21B2N/c1-3-5-7-12(6-4-2)13-8-10-14(11-9-13)17(15)16/h8-12H,3-7H2,1-2H3. The van der Waals surface area contributed by atoms with E-state index in [9.17, 15) is 0 Å². The molecule has 88 valence electrons. The van der Waals surface area contributed by atoms with Crippen LogP contribution in [-0.4, -0.2) is 16.0 Å². The minimum atomic E-state index is 0.679. The van der Waals surface area contributed by atoms with Crippen LogP contribution in [0.4, 0.5) is 5.69 Å². The van der Waals surface area contributed by atoms with Gasteiger partial charge in [-0.25, -0.2) is 0 Å². The molecule has 4 radical (unpaired) electrons. The van der Waals surface area contributed by atoms with Crippen molar-refractivity contribution in [2.24, 2.45) is 0 Å². The molecule has 0 amide bonds. The number of hydrogen-bond donors (Lipinski definition) is 0. The average molecular weight is 225 g/mol. The van der Waals surface area contributed by atoms with Crippen molar-refractivity contribution in [1.29, 1.82) is 0 Å². The maximum absolute atomic E-state index is 5.49. The average Bonchev–Trinajstić information content (AvgIpc) is 2.34. The second-order valence-corrected chi connectivity index (χ2v) is 4.63. The molecule has 0 heterocycles. The predicted octanol–water partition coefficient (Wildman–Crippen LogP) is 3.73. The zero-order valence-electron chi connectivity index (χ0n) is 11.0. The fourth-order valence-electron chi connectivity index (χ4n) is 2.20. The van der Waals surface area contributed by atoms with E-state index in [0.717, 1.165) is 10.4 Å². The van der Waals surface area contributed by atoms with Gasteiger partial charge in [0.25, 0.3) is 0 Å². The van der Waals surface area contributed by atoms with E-state index in [4.69, 9.17) is 16.0 Å². The zero-order valence-corrected chi connectivity index (χ0v) is 11.0. The number of anilines is 1. The summed E-state index contributed by atoms with van der Waals surface area (Å²) >= 11 is 0. The molecule has 0 fully saturated rings. The summed E-state index contributed by atoms with van der Waals surface area (Å²) < 4.78 is 1.16. The molecule has 0 saturated carbocycles. The maximum Gasteiger partial charge on any atom is 0.209 e. The molecule has 3 heteroatoms. The van der Waals surface area contributed by atoms with Crippen molar-refractivity contribution in [2.75, 3.05) is 4.72 Å². The molecule has 0 saturated heterocycles. The van der Waals surface area contributed by atoms with Gasteiger partial charge in [-0.2, -0.15) is 0 Å². The predicted molar refractivity (Wildman–Crippen MR) is 77.6 cm³/mol. The van der Waals surface area contributed by atoms with E-state index < -0.39 is 0 Å². The Morgan fingerprint density at radius 2 is 1.65 bits per heavy atom. The van der Waals surface area contributed by atoms with Crippen molar-refractivity contribution in [2.45, 2.75) is 51.9 Å². The molecule has 0 aliphatic rings. The van der Waals surface area contributed by atoms with E-state index in [1.165, 1.54) is 37.7 Å². The van der Waals surface area contributed by atoms with Crippen molar-refractivity contribution >= 4 is 21.6 Å². The van der Waals surface area contributed by atoms with Gasteiger partial charge in [0.2, 0.25) is 16.0 Å². The van der Waals surface area contributed by atoms with E-state index in [1.54, 1.807) is 0 Å². The summed E-state index contributed by atoms with van der Waals surface area (Å²) in [6.45, 7) is 4.49. The third-order valence-corrected chi connectivity index (χ3v) is 3.21. The molecule has 1 rings (SSSR count). The van der Waals surface area contributed by atoms with Crippen LogP contribution >= 0.6 is 0 Å². The third kappa shape index (κ3) is 4.49. The second-order valence-electron chi connectivity index (χ2n) is 4.63. The van der Waals surface area contributed by atoms with Crippen LogP contribution in [-0.2, 0) is 0 Å². The van der Waals surface area contributed by atoms with E-state index in [0.29, 0.717) is 5.92 Å². The molecule has 0 aliphatic heterocycles. The highest BCUT2D eigenvalue weighted by Gasteiger charge is 2.10. The number of rotatable bonds is 7. The summed E-state index contributed by atoms with van der Waals surface area (Å²) in [6, 6.07) is 8.28. The highest BCUT2D eigenvalue weighted by atomic mass is 14.9. The number of unbranched alkanes of at least 4 members (excludes halogenated alkanes) is 1. The number of nitrogens with zero attached hydrogens (tertiary/aromatic N) is 1. The molecule has 1 aromatic carbocycles. The van der Waals surface area contributed by atoms with Gasteiger partial charge in [-0.05, 0) is 36.5 Å². The summed E-state index contributed by atoms with van der Waals surface area (Å²) in [5.74, 6) is 0.679. The van der Waals surface area contributed by atoms with Crippen LogP contribution < -0.4 is 4.72 Å². The van der Waals surface area contributed by atoms with Crippen molar-refractivity contribution in [3.63, 3.8) is 0 Å². The first-order valence-corrected chi connectivity index (χ1v) is 6.58. The molecule has 1 atom stereocenters. The first-order valence-electron chi connectivity index (χ1n) is 6.58. The van der Waals surface area contributed by atoms with Gasteiger partial charge < -0.3 is 4.72 Å². The Kier molecular flexibility index (Phi) is 6.25. The summed E-state index contributed by atoms with van der Waals surface area (Å²) in [5, 5.41) is 0. The molecule has 1 nitrogen and oxygen atoms in total. The Bertz CT molecular complexity index is 309. The third-order valence-electron chi connectivity index (χ3n) is 3.21. The van der Waals surface area contributed by atoms with Gasteiger partial charge in [-0.15, -0.1) is 0 Å². The van der Waals surface area contributed by atoms with E-state index in [-0.39, 0.29) is 0 Å². The van der Waals surface area contributed by atoms with Crippen molar-refractivity contribution in [3.8, 4) is 0 Å². The Hall–Kier alpha value is -0.850. The second kappa shape index (κ2) is 7.47. The number of hydrogen-bond acceptors (Lipinski definition) is 1. The van der Waals surface area contributed by atoms with Crippen LogP contribution in [0.1, 0.15) is 57.4 Å². The monoisotopic (exact) mass is 225 g/mol. The van der Waals surface area contributed by atoms with Gasteiger partial charge in [-0.1, -0.05) is 45.2 Å². The van der Waals surface area contributed by atoms with Crippen molar-refractivity contribution < 1.29 is 0 Å². The first-order chi connectivity index (χ1) is 8.19. The highest BCUT2D eigenvalue weighted by Crippen LogP contribution is 2.28. The van der Waals surface area contributed by atoms with Gasteiger partial charge in [0.1, 0.15) is 0 Å². The molecular weight excluding hydrogens is 204 g/mol. The lowest BCUT2D eigenvalue weighted by atomic mass is 9.89. The van der Waals surface area contributed by atoms with Gasteiger partial charge in [0, 0.05) is 5.69 Å². The summed E-state index contributed by atoms with van der Waals surface area (Å²) in [7, 11) is 11.0. The topological polar surface area (TPSA) is 3.24 Å². The first kappa shape index (κ1) is 14.2. The molecule has 0 aliphatic carbocycles. The van der Waals surface area contributed by atoms with Crippen LogP contribution in [0.5, 0.6) is 0 Å². The van der Waals surface area contributed by atoms with E-state index >= 15 is 0 Å². The van der Waals surface area contributed by atoms with Crippen molar-refractivity contribution in [1.82, 2.24) is 0 Å². The van der Waals surface area contributed by atoms with Gasteiger partial charge in [0.15, 0.2) is 0 Å². The Morgan fingerprint density at radius 3 is 2.12 bits per heavy atom. The van der Waals surface area contributed by atoms with E-state index in [1.807, 2.05) is 12.1 Å². The molecule has 1 unspecified atom stereocenters. The molecule has 0 aromatic heterocycles. The van der Waals surface area contributed by atoms with Crippen molar-refractivity contribution in [3.05, 3.63) is 29.8 Å². The summed E-state index contributed by atoms with van der Waals surface area (Å²) in [4.78, 5) is 0. The SMILES string of the molecule is [B]N([B])c1ccc(C(CCC)CCCC)cc1. The lowest BCUT2D eigenvalue weighted by Gasteiger charge is -2.19. The molecular formula is C14H21B2N. The largest absolute Gasteiger partial charge is 0.479 e. The Morgan fingerprint density at radius 1 is 1.00 bits per heavy atom. The molecule has 17 heavy (non-hydrogen) atoms. The molecule has 0 spiro atoms. The molecule has 1 aromatic rings. The van der Waals surface area contributed by atoms with Crippen LogP contribution in [0, 0.1) is 0 Å². The van der Waals surface area contributed by atoms with Crippen LogP contribution in [0.2, 0.25) is 0 Å². The number of benzene rings is 1. The summed E-state index contributed by atoms with van der Waals surface area (Å²) in [5.41, 5.74) is 2.25. The van der Waals surface area contributed by atoms with Crippen LogP contribution in [0.3, 0.4) is 0 Å². The van der Waals surface area contributed by atoms with E-state index in [2.05, 4.69) is 26.0 Å². The minimum Gasteiger partial charge on any atom is -0.479 e. The quantitative estimate of drug-likeness (QED) is 0.639. The molecule has 0 bridgehead atoms. The maximum atomic E-state index is 5.49. The van der Waals surface area contributed by atoms with Crippen LogP contribution in [0.25, 0.3) is 0 Å². The fraction of sp³-hybridized carbons (Fsp3) is 0.571. The Balaban J connectivity index is 2.72. The van der Waals surface area contributed by atoms with Gasteiger partial charge >= 0.3 is 0 Å².